The molecule has 3 nitrogen and oxygen atoms in total. The largest absolute Gasteiger partial charge is 0.508 e. The second-order valence-corrected chi connectivity index (χ2v) is 4.44. The molecule has 0 saturated heterocycles. The van der Waals surface area contributed by atoms with Crippen LogP contribution in [0.15, 0.2) is 48.5 Å². The number of phenols is 1. The van der Waals surface area contributed by atoms with Gasteiger partial charge in [0.15, 0.2) is 0 Å². The van der Waals surface area contributed by atoms with Gasteiger partial charge in [-0.2, -0.15) is 0 Å². The molecule has 0 aliphatic rings. The number of nitrogens with one attached hydrogen (secondary N) is 1. The monoisotopic (exact) mass is 242 g/mol. The molecule has 0 heterocycles. The van der Waals surface area contributed by atoms with Crippen LogP contribution in [0.5, 0.6) is 5.75 Å². The van der Waals surface area contributed by atoms with Crippen LogP contribution in [0, 0.1) is 6.92 Å². The van der Waals surface area contributed by atoms with E-state index in [0.29, 0.717) is 0 Å². The molecule has 0 atom stereocenters. The zero-order valence-corrected chi connectivity index (χ0v) is 10.7. The van der Waals surface area contributed by atoms with Crippen LogP contribution in [-0.2, 0) is 6.54 Å². The zero-order chi connectivity index (χ0) is 13.0. The van der Waals surface area contributed by atoms with E-state index >= 15 is 0 Å². The Bertz CT molecular complexity index is 508. The van der Waals surface area contributed by atoms with E-state index in [9.17, 15) is 5.11 Å². The van der Waals surface area contributed by atoms with Crippen molar-refractivity contribution in [3.05, 3.63) is 59.7 Å². The summed E-state index contributed by atoms with van der Waals surface area (Å²) in [6.45, 7) is 2.94. The molecule has 94 valence electrons. The first-order valence-electron chi connectivity index (χ1n) is 5.96. The molecule has 0 unspecified atom stereocenters. The molecule has 2 aromatic carbocycles. The Morgan fingerprint density at radius 3 is 2.39 bits per heavy atom. The quantitative estimate of drug-likeness (QED) is 0.638. The van der Waals surface area contributed by atoms with Gasteiger partial charge in [0.25, 0.3) is 0 Å². The third-order valence-corrected chi connectivity index (χ3v) is 2.86. The molecular formula is C15H18N2O. The van der Waals surface area contributed by atoms with E-state index < -0.39 is 0 Å². The molecular weight excluding hydrogens is 224 g/mol. The SMILES string of the molecule is Cc1ccccc1CN(C)Nc1ccc(O)cc1. The van der Waals surface area contributed by atoms with E-state index in [-0.39, 0.29) is 5.75 Å². The summed E-state index contributed by atoms with van der Waals surface area (Å²) < 4.78 is 0. The summed E-state index contributed by atoms with van der Waals surface area (Å²) in [6, 6.07) is 15.4. The van der Waals surface area contributed by atoms with Gasteiger partial charge < -0.3 is 10.5 Å². The number of benzene rings is 2. The molecule has 2 N–H and O–H groups in total. The Morgan fingerprint density at radius 2 is 1.72 bits per heavy atom. The maximum absolute atomic E-state index is 9.22. The lowest BCUT2D eigenvalue weighted by Crippen LogP contribution is -2.24. The molecule has 0 fully saturated rings. The Hall–Kier alpha value is -2.00. The Kier molecular flexibility index (Phi) is 3.85. The van der Waals surface area contributed by atoms with Crippen LogP contribution in [0.1, 0.15) is 11.1 Å². The fourth-order valence-electron chi connectivity index (χ4n) is 1.84. The van der Waals surface area contributed by atoms with Crippen LogP contribution >= 0.6 is 0 Å². The van der Waals surface area contributed by atoms with Gasteiger partial charge in [0.1, 0.15) is 5.75 Å². The van der Waals surface area contributed by atoms with Crippen molar-refractivity contribution in [3.8, 4) is 5.75 Å². The molecule has 0 aliphatic heterocycles. The van der Waals surface area contributed by atoms with Crippen LogP contribution in [0.4, 0.5) is 5.69 Å². The van der Waals surface area contributed by atoms with Crippen molar-refractivity contribution in [1.82, 2.24) is 5.01 Å². The Labute approximate surface area is 108 Å². The summed E-state index contributed by atoms with van der Waals surface area (Å²) in [7, 11) is 2.00. The van der Waals surface area contributed by atoms with Gasteiger partial charge in [-0.15, -0.1) is 0 Å². The van der Waals surface area contributed by atoms with Crippen molar-refractivity contribution in [2.75, 3.05) is 12.5 Å². The minimum atomic E-state index is 0.280. The number of hydrogen-bond acceptors (Lipinski definition) is 3. The lowest BCUT2D eigenvalue weighted by Gasteiger charge is -2.20. The number of aryl methyl sites for hydroxylation is 1. The van der Waals surface area contributed by atoms with E-state index in [1.165, 1.54) is 11.1 Å². The van der Waals surface area contributed by atoms with Crippen LogP contribution < -0.4 is 5.43 Å². The van der Waals surface area contributed by atoms with Crippen LogP contribution in [-0.4, -0.2) is 17.2 Å². The second-order valence-electron chi connectivity index (χ2n) is 4.44. The zero-order valence-electron chi connectivity index (χ0n) is 10.7. The second kappa shape index (κ2) is 5.56. The molecule has 0 amide bonds. The van der Waals surface area contributed by atoms with Crippen LogP contribution in [0.3, 0.4) is 0 Å². The van der Waals surface area contributed by atoms with Crippen molar-refractivity contribution in [3.63, 3.8) is 0 Å². The topological polar surface area (TPSA) is 35.5 Å². The van der Waals surface area contributed by atoms with Gasteiger partial charge >= 0.3 is 0 Å². The Balaban J connectivity index is 1.99. The molecule has 0 spiro atoms. The molecule has 18 heavy (non-hydrogen) atoms. The average Bonchev–Trinajstić information content (AvgIpc) is 2.35. The van der Waals surface area contributed by atoms with Gasteiger partial charge in [0, 0.05) is 19.3 Å². The third kappa shape index (κ3) is 3.25. The molecule has 0 aromatic heterocycles. The standard InChI is InChI=1S/C15H18N2O/c1-12-5-3-4-6-13(12)11-17(2)16-14-7-9-15(18)10-8-14/h3-10,16,18H,11H2,1-2H3. The molecule has 0 bridgehead atoms. The molecule has 2 aromatic rings. The summed E-state index contributed by atoms with van der Waals surface area (Å²) in [6.07, 6.45) is 0. The number of hydrogen-bond donors (Lipinski definition) is 2. The summed E-state index contributed by atoms with van der Waals surface area (Å²) >= 11 is 0. The highest BCUT2D eigenvalue weighted by Gasteiger charge is 2.02. The molecule has 0 radical (unpaired) electrons. The first-order chi connectivity index (χ1) is 8.65. The predicted octanol–water partition coefficient (Wildman–Crippen LogP) is 3.16. The highest BCUT2D eigenvalue weighted by molar-refractivity contribution is 5.45. The number of aromatic hydroxyl groups is 1. The van der Waals surface area contributed by atoms with Crippen LogP contribution in [0.2, 0.25) is 0 Å². The summed E-state index contributed by atoms with van der Waals surface area (Å²) in [5.41, 5.74) is 6.82. The maximum Gasteiger partial charge on any atom is 0.115 e. The van der Waals surface area contributed by atoms with Gasteiger partial charge in [-0.3, -0.25) is 0 Å². The van der Waals surface area contributed by atoms with Crippen molar-refractivity contribution in [2.24, 2.45) is 0 Å². The number of nitrogens with zero attached hydrogens (tertiary/aromatic N) is 1. The maximum atomic E-state index is 9.22. The molecule has 3 heteroatoms. The minimum absolute atomic E-state index is 0.280. The highest BCUT2D eigenvalue weighted by Crippen LogP contribution is 2.15. The van der Waals surface area contributed by atoms with Crippen molar-refractivity contribution >= 4 is 5.69 Å². The summed E-state index contributed by atoms with van der Waals surface area (Å²) in [4.78, 5) is 0. The number of hydrazine groups is 1. The first kappa shape index (κ1) is 12.5. The summed E-state index contributed by atoms with van der Waals surface area (Å²) in [5.74, 6) is 0.280. The predicted molar refractivity (Wildman–Crippen MR) is 74.4 cm³/mol. The smallest absolute Gasteiger partial charge is 0.115 e. The van der Waals surface area contributed by atoms with Gasteiger partial charge in [-0.25, -0.2) is 5.01 Å². The van der Waals surface area contributed by atoms with Gasteiger partial charge in [0.2, 0.25) is 0 Å². The molecule has 0 aliphatic carbocycles. The third-order valence-electron chi connectivity index (χ3n) is 2.86. The number of anilines is 1. The number of rotatable bonds is 4. The number of phenolic OH excluding ortho intramolecular Hbond substituents is 1. The van der Waals surface area contributed by atoms with Crippen molar-refractivity contribution in [2.45, 2.75) is 13.5 Å². The van der Waals surface area contributed by atoms with E-state index in [1.807, 2.05) is 30.3 Å². The van der Waals surface area contributed by atoms with E-state index in [1.54, 1.807) is 12.1 Å². The first-order valence-corrected chi connectivity index (χ1v) is 5.96. The average molecular weight is 242 g/mol. The normalized spacial score (nSPS) is 10.6. The van der Waals surface area contributed by atoms with Gasteiger partial charge in [-0.05, 0) is 42.3 Å². The molecule has 2 rings (SSSR count). The lowest BCUT2D eigenvalue weighted by molar-refractivity contribution is 0.394. The minimum Gasteiger partial charge on any atom is -0.508 e. The summed E-state index contributed by atoms with van der Waals surface area (Å²) in [5, 5.41) is 11.2. The molecule has 0 saturated carbocycles. The fraction of sp³-hybridized carbons (Fsp3) is 0.200. The lowest BCUT2D eigenvalue weighted by atomic mass is 10.1. The van der Waals surface area contributed by atoms with Crippen molar-refractivity contribution in [1.29, 1.82) is 0 Å². The van der Waals surface area contributed by atoms with Gasteiger partial charge in [-0.1, -0.05) is 24.3 Å². The fourth-order valence-corrected chi connectivity index (χ4v) is 1.84. The highest BCUT2D eigenvalue weighted by atomic mass is 16.3. The van der Waals surface area contributed by atoms with E-state index in [2.05, 4.69) is 30.5 Å². The van der Waals surface area contributed by atoms with Crippen LogP contribution in [0.25, 0.3) is 0 Å². The van der Waals surface area contributed by atoms with E-state index in [4.69, 9.17) is 0 Å². The van der Waals surface area contributed by atoms with E-state index in [0.717, 1.165) is 12.2 Å². The Morgan fingerprint density at radius 1 is 1.06 bits per heavy atom. The van der Waals surface area contributed by atoms with Crippen molar-refractivity contribution < 1.29 is 5.11 Å². The van der Waals surface area contributed by atoms with Gasteiger partial charge in [0.05, 0.1) is 0 Å².